The van der Waals surface area contributed by atoms with Gasteiger partial charge < -0.3 is 19.7 Å². The van der Waals surface area contributed by atoms with Crippen molar-refractivity contribution in [3.05, 3.63) is 40.2 Å². The molecule has 3 aromatic rings. The molecule has 7 rings (SSSR count). The van der Waals surface area contributed by atoms with Gasteiger partial charge in [-0.05, 0) is 51.2 Å². The number of halogens is 4. The maximum absolute atomic E-state index is 14.5. The van der Waals surface area contributed by atoms with E-state index in [9.17, 15) is 17.6 Å². The van der Waals surface area contributed by atoms with E-state index in [1.165, 1.54) is 19.2 Å². The molecule has 244 valence electrons. The molecule has 3 aliphatic heterocycles. The lowest BCUT2D eigenvalue weighted by Gasteiger charge is -2.40. The Morgan fingerprint density at radius 3 is 2.71 bits per heavy atom. The number of fused-ring (bicyclic) bond motifs is 2. The topological polar surface area (TPSA) is 91.4 Å². The van der Waals surface area contributed by atoms with Gasteiger partial charge in [0.2, 0.25) is 0 Å². The zero-order valence-corrected chi connectivity index (χ0v) is 26.0. The Bertz CT molecular complexity index is 1560. The fourth-order valence-electron chi connectivity index (χ4n) is 7.45. The molecule has 1 aliphatic carbocycles. The van der Waals surface area contributed by atoms with Gasteiger partial charge in [0.05, 0.1) is 42.3 Å². The number of likely N-dealkylation sites (tertiary alicyclic amines) is 1. The second-order valence-electron chi connectivity index (χ2n) is 13.6. The van der Waals surface area contributed by atoms with Crippen LogP contribution in [0.2, 0.25) is 0 Å². The van der Waals surface area contributed by atoms with Crippen molar-refractivity contribution in [3.63, 3.8) is 0 Å². The fraction of sp³-hybridized carbons (Fsp3) is 0.656. The largest absolute Gasteiger partial charge is 0.463 e. The Balaban J connectivity index is 1.23. The number of hydrogen-bond acceptors (Lipinski definition) is 8. The van der Waals surface area contributed by atoms with E-state index in [0.717, 1.165) is 56.8 Å². The number of alkyl halides is 4. The summed E-state index contributed by atoms with van der Waals surface area (Å²) in [6.07, 6.45) is -1.13. The van der Waals surface area contributed by atoms with Crippen LogP contribution in [0.1, 0.15) is 73.6 Å². The standard InChI is InChI=1S/C32H41F4N7O2/c1-4-21-14-43(12-19(3)38-21)29-23-15-44-26(27-22-11-37-41-25(22)9-18(2)28(27)32(34,35)36)10-24(23)39-30(40-29)45-17-31(6-7-31)16-42-8-5-20(33)13-42/h9,11,19-21,26,38H,4-8,10,12-17H2,1-3H3,(H,37,41)/t19-,20-,21-,26?/m1/s1. The van der Waals surface area contributed by atoms with Gasteiger partial charge in [-0.2, -0.15) is 28.2 Å². The molecular weight excluding hydrogens is 590 g/mol. The molecule has 3 fully saturated rings. The maximum Gasteiger partial charge on any atom is 0.417 e. The monoisotopic (exact) mass is 631 g/mol. The summed E-state index contributed by atoms with van der Waals surface area (Å²) >= 11 is 0. The number of piperazine rings is 1. The number of benzene rings is 1. The molecule has 1 saturated carbocycles. The van der Waals surface area contributed by atoms with Crippen molar-refractivity contribution in [1.29, 1.82) is 0 Å². The van der Waals surface area contributed by atoms with E-state index in [0.29, 0.717) is 36.2 Å². The Labute approximate surface area is 260 Å². The second-order valence-corrected chi connectivity index (χ2v) is 13.6. The first-order valence-corrected chi connectivity index (χ1v) is 16.1. The van der Waals surface area contributed by atoms with E-state index in [1.54, 1.807) is 0 Å². The second kappa shape index (κ2) is 11.6. The van der Waals surface area contributed by atoms with Crippen LogP contribution in [0, 0.1) is 12.3 Å². The van der Waals surface area contributed by atoms with Gasteiger partial charge in [0.15, 0.2) is 0 Å². The van der Waals surface area contributed by atoms with Crippen LogP contribution < -0.4 is 15.0 Å². The zero-order valence-electron chi connectivity index (χ0n) is 26.0. The molecule has 1 aromatic carbocycles. The lowest BCUT2D eigenvalue weighted by Crippen LogP contribution is -2.55. The molecule has 0 bridgehead atoms. The van der Waals surface area contributed by atoms with Crippen LogP contribution in [0.4, 0.5) is 23.4 Å². The quantitative estimate of drug-likeness (QED) is 0.325. The predicted molar refractivity (Wildman–Crippen MR) is 161 cm³/mol. The minimum absolute atomic E-state index is 0.0535. The summed E-state index contributed by atoms with van der Waals surface area (Å²) in [6.45, 7) is 9.70. The van der Waals surface area contributed by atoms with Gasteiger partial charge in [-0.1, -0.05) is 6.92 Å². The highest BCUT2D eigenvalue weighted by molar-refractivity contribution is 5.85. The normalized spacial score (nSPS) is 26.8. The van der Waals surface area contributed by atoms with Crippen LogP contribution in [-0.4, -0.2) is 82.7 Å². The lowest BCUT2D eigenvalue weighted by atomic mass is 9.90. The molecular formula is C32H41F4N7O2. The molecule has 0 amide bonds. The number of ether oxygens (including phenoxy) is 2. The number of anilines is 1. The molecule has 1 unspecified atom stereocenters. The van der Waals surface area contributed by atoms with Crippen molar-refractivity contribution >= 4 is 16.7 Å². The number of rotatable bonds is 8. The van der Waals surface area contributed by atoms with Crippen LogP contribution in [-0.2, 0) is 23.9 Å². The third-order valence-corrected chi connectivity index (χ3v) is 9.93. The number of aromatic nitrogens is 4. The average Bonchev–Trinajstić information content (AvgIpc) is 3.38. The first-order valence-electron chi connectivity index (χ1n) is 16.1. The highest BCUT2D eigenvalue weighted by Gasteiger charge is 2.46. The van der Waals surface area contributed by atoms with E-state index >= 15 is 0 Å². The van der Waals surface area contributed by atoms with Crippen LogP contribution in [0.5, 0.6) is 6.01 Å². The van der Waals surface area contributed by atoms with Gasteiger partial charge in [-0.3, -0.25) is 10.00 Å². The third-order valence-electron chi connectivity index (χ3n) is 9.93. The number of H-pyrrole nitrogens is 1. The number of aryl methyl sites for hydroxylation is 1. The molecule has 9 nitrogen and oxygen atoms in total. The summed E-state index contributed by atoms with van der Waals surface area (Å²) in [5.74, 6) is 0.721. The maximum atomic E-state index is 14.5. The van der Waals surface area contributed by atoms with Crippen LogP contribution in [0.3, 0.4) is 0 Å². The van der Waals surface area contributed by atoms with E-state index in [1.807, 2.05) is 0 Å². The minimum atomic E-state index is -4.57. The average molecular weight is 632 g/mol. The molecule has 2 aromatic heterocycles. The van der Waals surface area contributed by atoms with Crippen molar-refractivity contribution in [1.82, 2.24) is 30.4 Å². The van der Waals surface area contributed by atoms with Crippen molar-refractivity contribution in [2.45, 2.75) is 90.0 Å². The van der Waals surface area contributed by atoms with Gasteiger partial charge in [0, 0.05) is 73.2 Å². The van der Waals surface area contributed by atoms with Gasteiger partial charge in [0.1, 0.15) is 12.0 Å². The van der Waals surface area contributed by atoms with Crippen molar-refractivity contribution in [2.24, 2.45) is 5.41 Å². The fourth-order valence-corrected chi connectivity index (χ4v) is 7.45. The molecule has 2 N–H and O–H groups in total. The molecule has 45 heavy (non-hydrogen) atoms. The SMILES string of the molecule is CC[C@@H]1CN(c2nc(OCC3(CN4CC[C@@H](F)C4)CC3)nc3c2COC(c2c(C(F)(F)F)c(C)cc4[nH]ncc24)C3)C[C@@H](C)N1. The highest BCUT2D eigenvalue weighted by atomic mass is 19.4. The van der Waals surface area contributed by atoms with Gasteiger partial charge >= 0.3 is 12.2 Å². The van der Waals surface area contributed by atoms with Gasteiger partial charge in [0.25, 0.3) is 0 Å². The van der Waals surface area contributed by atoms with Crippen molar-refractivity contribution < 1.29 is 27.0 Å². The van der Waals surface area contributed by atoms with Gasteiger partial charge in [-0.15, -0.1) is 0 Å². The Morgan fingerprint density at radius 2 is 2.00 bits per heavy atom. The Hall–Kier alpha value is -3.03. The molecule has 4 atom stereocenters. The van der Waals surface area contributed by atoms with E-state index < -0.39 is 24.0 Å². The Morgan fingerprint density at radius 1 is 1.18 bits per heavy atom. The lowest BCUT2D eigenvalue weighted by molar-refractivity contribution is -0.140. The minimum Gasteiger partial charge on any atom is -0.463 e. The first kappa shape index (κ1) is 30.6. The number of hydrogen-bond donors (Lipinski definition) is 2. The smallest absolute Gasteiger partial charge is 0.417 e. The number of nitrogens with one attached hydrogen (secondary N) is 2. The number of nitrogens with zero attached hydrogens (tertiary/aromatic N) is 5. The van der Waals surface area contributed by atoms with Crippen LogP contribution >= 0.6 is 0 Å². The van der Waals surface area contributed by atoms with E-state index in [-0.39, 0.29) is 47.7 Å². The van der Waals surface area contributed by atoms with Crippen LogP contribution in [0.15, 0.2) is 12.3 Å². The van der Waals surface area contributed by atoms with E-state index in [2.05, 4.69) is 39.2 Å². The summed E-state index contributed by atoms with van der Waals surface area (Å²) in [6, 6.07) is 2.21. The summed E-state index contributed by atoms with van der Waals surface area (Å²) < 4.78 is 69.9. The van der Waals surface area contributed by atoms with Crippen molar-refractivity contribution in [2.75, 3.05) is 44.2 Å². The van der Waals surface area contributed by atoms with Crippen LogP contribution in [0.25, 0.3) is 10.9 Å². The Kier molecular flexibility index (Phi) is 7.92. The highest BCUT2D eigenvalue weighted by Crippen LogP contribution is 2.48. The molecule has 2 saturated heterocycles. The number of aromatic amines is 1. The predicted octanol–water partition coefficient (Wildman–Crippen LogP) is 5.27. The zero-order chi connectivity index (χ0) is 31.5. The molecule has 4 aliphatic rings. The molecule has 0 radical (unpaired) electrons. The molecule has 13 heteroatoms. The summed E-state index contributed by atoms with van der Waals surface area (Å²) in [5.41, 5.74) is 1.41. The first-order chi connectivity index (χ1) is 21.5. The van der Waals surface area contributed by atoms with E-state index in [4.69, 9.17) is 19.4 Å². The van der Waals surface area contributed by atoms with Gasteiger partial charge in [-0.25, -0.2) is 4.39 Å². The summed E-state index contributed by atoms with van der Waals surface area (Å²) in [5, 5.41) is 10.9. The molecule has 0 spiro atoms. The summed E-state index contributed by atoms with van der Waals surface area (Å²) in [4.78, 5) is 14.1. The van der Waals surface area contributed by atoms with Crippen molar-refractivity contribution in [3.8, 4) is 6.01 Å². The molecule has 5 heterocycles. The summed E-state index contributed by atoms with van der Waals surface area (Å²) in [7, 11) is 0. The third kappa shape index (κ3) is 6.10.